The van der Waals surface area contributed by atoms with Crippen LogP contribution in [0.25, 0.3) is 0 Å². The van der Waals surface area contributed by atoms with Crippen molar-refractivity contribution < 1.29 is 4.74 Å². The molecule has 0 heterocycles. The summed E-state index contributed by atoms with van der Waals surface area (Å²) in [4.78, 5) is 0. The van der Waals surface area contributed by atoms with Crippen LogP contribution in [-0.4, -0.2) is 25.8 Å². The lowest BCUT2D eigenvalue weighted by Crippen LogP contribution is -2.39. The Balaban J connectivity index is 3.98. The summed E-state index contributed by atoms with van der Waals surface area (Å²) in [5, 5.41) is 3.36. The molecule has 2 unspecified atom stereocenters. The second kappa shape index (κ2) is 8.25. The Kier molecular flexibility index (Phi) is 8.20. The smallest absolute Gasteiger partial charge is 0.0699 e. The second-order valence-electron chi connectivity index (χ2n) is 3.97. The van der Waals surface area contributed by atoms with Gasteiger partial charge >= 0.3 is 0 Å². The number of hydrogen-bond acceptors (Lipinski definition) is 2. The average molecular weight is 201 g/mol. The van der Waals surface area contributed by atoms with Gasteiger partial charge in [-0.2, -0.15) is 0 Å². The van der Waals surface area contributed by atoms with E-state index in [0.717, 1.165) is 12.5 Å². The van der Waals surface area contributed by atoms with Crippen molar-refractivity contribution in [2.75, 3.05) is 13.7 Å². The molecule has 0 aliphatic heterocycles. The van der Waals surface area contributed by atoms with Crippen molar-refractivity contribution in [3.63, 3.8) is 0 Å². The van der Waals surface area contributed by atoms with Crippen molar-refractivity contribution in [2.24, 2.45) is 5.92 Å². The van der Waals surface area contributed by atoms with Gasteiger partial charge in [0.25, 0.3) is 0 Å². The molecule has 0 aromatic carbocycles. The van der Waals surface area contributed by atoms with E-state index in [4.69, 9.17) is 4.74 Å². The molecular formula is C12H27NO. The summed E-state index contributed by atoms with van der Waals surface area (Å²) < 4.78 is 5.62. The van der Waals surface area contributed by atoms with Crippen LogP contribution >= 0.6 is 0 Å². The molecule has 0 aliphatic rings. The Hall–Kier alpha value is -0.0800. The van der Waals surface area contributed by atoms with E-state index >= 15 is 0 Å². The molecule has 0 rings (SSSR count). The molecule has 86 valence electrons. The summed E-state index contributed by atoms with van der Waals surface area (Å²) in [6.07, 6.45) is 4.09. The van der Waals surface area contributed by atoms with Crippen molar-refractivity contribution in [3.8, 4) is 0 Å². The van der Waals surface area contributed by atoms with E-state index in [1.54, 1.807) is 0 Å². The van der Waals surface area contributed by atoms with Gasteiger partial charge in [-0.25, -0.2) is 0 Å². The highest BCUT2D eigenvalue weighted by molar-refractivity contribution is 4.75. The highest BCUT2D eigenvalue weighted by Crippen LogP contribution is 2.17. The molecule has 0 amide bonds. The van der Waals surface area contributed by atoms with E-state index in [1.165, 1.54) is 19.3 Å². The van der Waals surface area contributed by atoms with Gasteiger partial charge in [0.1, 0.15) is 0 Å². The molecule has 0 saturated carbocycles. The Morgan fingerprint density at radius 2 is 1.71 bits per heavy atom. The van der Waals surface area contributed by atoms with Crippen LogP contribution in [0, 0.1) is 5.92 Å². The first-order valence-electron chi connectivity index (χ1n) is 5.98. The molecule has 0 aromatic rings. The van der Waals surface area contributed by atoms with E-state index in [1.807, 2.05) is 7.05 Å². The minimum absolute atomic E-state index is 0.325. The standard InChI is InChI=1S/C12H27NO/c1-6-11(7-2)9-12(13-5)10(4)14-8-3/h10-13H,6-9H2,1-5H3. The van der Waals surface area contributed by atoms with Gasteiger partial charge in [-0.1, -0.05) is 26.7 Å². The third kappa shape index (κ3) is 4.97. The zero-order valence-electron chi connectivity index (χ0n) is 10.5. The minimum atomic E-state index is 0.325. The molecule has 0 radical (unpaired) electrons. The maximum Gasteiger partial charge on any atom is 0.0699 e. The van der Waals surface area contributed by atoms with Gasteiger partial charge < -0.3 is 10.1 Å². The Bertz CT molecular complexity index is 123. The number of ether oxygens (including phenoxy) is 1. The molecule has 0 fully saturated rings. The normalized spacial score (nSPS) is 15.9. The first-order chi connectivity index (χ1) is 6.69. The van der Waals surface area contributed by atoms with Gasteiger partial charge in [0.05, 0.1) is 6.10 Å². The molecule has 0 spiro atoms. The third-order valence-corrected chi connectivity index (χ3v) is 3.11. The van der Waals surface area contributed by atoms with Crippen LogP contribution in [0.5, 0.6) is 0 Å². The van der Waals surface area contributed by atoms with Gasteiger partial charge in [0.2, 0.25) is 0 Å². The van der Waals surface area contributed by atoms with E-state index in [-0.39, 0.29) is 0 Å². The van der Waals surface area contributed by atoms with Gasteiger partial charge in [0.15, 0.2) is 0 Å². The first-order valence-corrected chi connectivity index (χ1v) is 5.98. The summed E-state index contributed by atoms with van der Waals surface area (Å²) >= 11 is 0. The van der Waals surface area contributed by atoms with E-state index in [0.29, 0.717) is 12.1 Å². The van der Waals surface area contributed by atoms with Crippen molar-refractivity contribution in [3.05, 3.63) is 0 Å². The zero-order valence-corrected chi connectivity index (χ0v) is 10.5. The molecule has 0 aromatic heterocycles. The fraction of sp³-hybridized carbons (Fsp3) is 1.00. The van der Waals surface area contributed by atoms with Crippen molar-refractivity contribution >= 4 is 0 Å². The van der Waals surface area contributed by atoms with Crippen molar-refractivity contribution in [1.29, 1.82) is 0 Å². The van der Waals surface area contributed by atoms with E-state index < -0.39 is 0 Å². The van der Waals surface area contributed by atoms with Crippen LogP contribution in [0.1, 0.15) is 47.0 Å². The van der Waals surface area contributed by atoms with Gasteiger partial charge in [0, 0.05) is 12.6 Å². The fourth-order valence-electron chi connectivity index (χ4n) is 1.90. The Morgan fingerprint density at radius 3 is 2.07 bits per heavy atom. The lowest BCUT2D eigenvalue weighted by molar-refractivity contribution is 0.0423. The molecular weight excluding hydrogens is 174 g/mol. The largest absolute Gasteiger partial charge is 0.377 e. The van der Waals surface area contributed by atoms with Gasteiger partial charge in [-0.3, -0.25) is 0 Å². The molecule has 2 atom stereocenters. The van der Waals surface area contributed by atoms with Crippen molar-refractivity contribution in [2.45, 2.75) is 59.1 Å². The quantitative estimate of drug-likeness (QED) is 0.652. The number of rotatable bonds is 8. The highest BCUT2D eigenvalue weighted by Gasteiger charge is 2.18. The maximum atomic E-state index is 5.62. The lowest BCUT2D eigenvalue weighted by Gasteiger charge is -2.26. The summed E-state index contributed by atoms with van der Waals surface area (Å²) in [5.74, 6) is 0.829. The highest BCUT2D eigenvalue weighted by atomic mass is 16.5. The molecule has 0 saturated heterocycles. The molecule has 0 bridgehead atoms. The number of nitrogens with one attached hydrogen (secondary N) is 1. The molecule has 2 heteroatoms. The third-order valence-electron chi connectivity index (χ3n) is 3.11. The van der Waals surface area contributed by atoms with Crippen LogP contribution in [0.2, 0.25) is 0 Å². The predicted molar refractivity (Wildman–Crippen MR) is 62.6 cm³/mol. The second-order valence-corrected chi connectivity index (χ2v) is 3.97. The van der Waals surface area contributed by atoms with E-state index in [2.05, 4.69) is 33.0 Å². The summed E-state index contributed by atoms with van der Waals surface area (Å²) in [7, 11) is 2.03. The SMILES string of the molecule is CCOC(C)C(CC(CC)CC)NC. The number of likely N-dealkylation sites (N-methyl/N-ethyl adjacent to an activating group) is 1. The van der Waals surface area contributed by atoms with Crippen LogP contribution in [-0.2, 0) is 4.74 Å². The van der Waals surface area contributed by atoms with Crippen LogP contribution in [0.15, 0.2) is 0 Å². The molecule has 0 aliphatic carbocycles. The predicted octanol–water partition coefficient (Wildman–Crippen LogP) is 2.83. The van der Waals surface area contributed by atoms with Crippen molar-refractivity contribution in [1.82, 2.24) is 5.32 Å². The monoisotopic (exact) mass is 201 g/mol. The van der Waals surface area contributed by atoms with Crippen LogP contribution < -0.4 is 5.32 Å². The topological polar surface area (TPSA) is 21.3 Å². The van der Waals surface area contributed by atoms with E-state index in [9.17, 15) is 0 Å². The Morgan fingerprint density at radius 1 is 1.14 bits per heavy atom. The molecule has 14 heavy (non-hydrogen) atoms. The van der Waals surface area contributed by atoms with Gasteiger partial charge in [-0.15, -0.1) is 0 Å². The fourth-order valence-corrected chi connectivity index (χ4v) is 1.90. The first kappa shape index (κ1) is 13.9. The molecule has 1 N–H and O–H groups in total. The summed E-state index contributed by atoms with van der Waals surface area (Å²) in [6, 6.07) is 0.500. The summed E-state index contributed by atoms with van der Waals surface area (Å²) in [5.41, 5.74) is 0. The average Bonchev–Trinajstić information content (AvgIpc) is 2.20. The minimum Gasteiger partial charge on any atom is -0.377 e. The summed E-state index contributed by atoms with van der Waals surface area (Å²) in [6.45, 7) is 9.56. The van der Waals surface area contributed by atoms with Gasteiger partial charge in [-0.05, 0) is 33.2 Å². The zero-order chi connectivity index (χ0) is 11.0. The number of hydrogen-bond donors (Lipinski definition) is 1. The lowest BCUT2D eigenvalue weighted by atomic mass is 9.92. The Labute approximate surface area is 89.4 Å². The maximum absolute atomic E-state index is 5.62. The molecule has 2 nitrogen and oxygen atoms in total. The van der Waals surface area contributed by atoms with Crippen LogP contribution in [0.4, 0.5) is 0 Å². The van der Waals surface area contributed by atoms with Crippen LogP contribution in [0.3, 0.4) is 0 Å².